The number of anilines is 1. The van der Waals surface area contributed by atoms with Crippen molar-refractivity contribution in [3.63, 3.8) is 0 Å². The third kappa shape index (κ3) is 2.21. The Labute approximate surface area is 147 Å². The van der Waals surface area contributed by atoms with E-state index in [0.29, 0.717) is 35.5 Å². The van der Waals surface area contributed by atoms with Crippen LogP contribution < -0.4 is 16.1 Å². The van der Waals surface area contributed by atoms with Crippen LogP contribution in [0.5, 0.6) is 0 Å². The van der Waals surface area contributed by atoms with Crippen LogP contribution >= 0.6 is 0 Å². The molecule has 1 aliphatic carbocycles. The lowest BCUT2D eigenvalue weighted by Gasteiger charge is -2.16. The first-order chi connectivity index (χ1) is 12.5. The first-order valence-electron chi connectivity index (χ1n) is 8.77. The summed E-state index contributed by atoms with van der Waals surface area (Å²) in [6, 6.07) is 0. The van der Waals surface area contributed by atoms with Gasteiger partial charge in [0.05, 0.1) is 5.92 Å². The summed E-state index contributed by atoms with van der Waals surface area (Å²) in [5.41, 5.74) is -0.121. The fourth-order valence-corrected chi connectivity index (χ4v) is 3.64. The van der Waals surface area contributed by atoms with Gasteiger partial charge in [0.25, 0.3) is 5.56 Å². The number of aromatic amines is 1. The second kappa shape index (κ2) is 5.29. The van der Waals surface area contributed by atoms with Crippen molar-refractivity contribution in [1.82, 2.24) is 29.2 Å². The van der Waals surface area contributed by atoms with Gasteiger partial charge < -0.3 is 14.0 Å². The molecule has 136 valence electrons. The van der Waals surface area contributed by atoms with Gasteiger partial charge >= 0.3 is 5.69 Å². The summed E-state index contributed by atoms with van der Waals surface area (Å²) in [4.78, 5) is 37.5. The zero-order valence-corrected chi connectivity index (χ0v) is 14.6. The van der Waals surface area contributed by atoms with Gasteiger partial charge in [-0.05, 0) is 19.3 Å². The lowest BCUT2D eigenvalue weighted by atomic mass is 10.1. The Hall–Kier alpha value is -2.91. The number of imidazole rings is 1. The molecule has 4 heterocycles. The van der Waals surface area contributed by atoms with E-state index in [9.17, 15) is 9.59 Å². The highest BCUT2D eigenvalue weighted by Crippen LogP contribution is 2.39. The molecule has 2 aliphatic rings. The zero-order valence-electron chi connectivity index (χ0n) is 14.6. The summed E-state index contributed by atoms with van der Waals surface area (Å²) >= 11 is 0. The second-order valence-electron chi connectivity index (χ2n) is 7.16. The van der Waals surface area contributed by atoms with Crippen molar-refractivity contribution < 1.29 is 4.52 Å². The largest absolute Gasteiger partial charge is 0.341 e. The summed E-state index contributed by atoms with van der Waals surface area (Å²) < 4.78 is 8.55. The predicted molar refractivity (Wildman–Crippen MR) is 92.4 cm³/mol. The van der Waals surface area contributed by atoms with Gasteiger partial charge in [-0.25, -0.2) is 4.79 Å². The van der Waals surface area contributed by atoms with E-state index >= 15 is 0 Å². The van der Waals surface area contributed by atoms with Crippen molar-refractivity contribution in [1.29, 1.82) is 0 Å². The Morgan fingerprint density at radius 3 is 2.65 bits per heavy atom. The van der Waals surface area contributed by atoms with Crippen LogP contribution in [0.1, 0.15) is 42.8 Å². The van der Waals surface area contributed by atoms with E-state index in [0.717, 1.165) is 31.6 Å². The first-order valence-corrected chi connectivity index (χ1v) is 8.77. The van der Waals surface area contributed by atoms with Crippen molar-refractivity contribution in [2.75, 3.05) is 18.0 Å². The Bertz CT molecular complexity index is 1120. The molecule has 1 saturated heterocycles. The summed E-state index contributed by atoms with van der Waals surface area (Å²) in [6.07, 6.45) is 3.16. The van der Waals surface area contributed by atoms with Gasteiger partial charge in [-0.2, -0.15) is 9.97 Å². The van der Waals surface area contributed by atoms with E-state index < -0.39 is 11.2 Å². The van der Waals surface area contributed by atoms with E-state index in [2.05, 4.69) is 25.0 Å². The summed E-state index contributed by atoms with van der Waals surface area (Å²) in [5.74, 6) is 2.78. The number of aryl methyl sites for hydroxylation is 2. The van der Waals surface area contributed by atoms with Gasteiger partial charge in [-0.15, -0.1) is 0 Å². The number of hydrogen-bond acceptors (Lipinski definition) is 7. The minimum Gasteiger partial charge on any atom is -0.341 e. The molecule has 1 saturated carbocycles. The number of nitrogens with one attached hydrogen (secondary N) is 1. The molecule has 10 heteroatoms. The van der Waals surface area contributed by atoms with Gasteiger partial charge in [0.1, 0.15) is 0 Å². The highest BCUT2D eigenvalue weighted by molar-refractivity contribution is 5.74. The van der Waals surface area contributed by atoms with E-state index in [1.54, 1.807) is 18.7 Å². The molecule has 5 rings (SSSR count). The SMILES string of the molecule is Cn1c(N2CC[C@@H](c3nc(C4CC4)no3)C2)nc2c1c(=O)[nH]c(=O)n2C. The van der Waals surface area contributed by atoms with E-state index in [-0.39, 0.29) is 5.92 Å². The monoisotopic (exact) mass is 357 g/mol. The van der Waals surface area contributed by atoms with Crippen molar-refractivity contribution in [3.8, 4) is 0 Å². The molecule has 0 bridgehead atoms. The Morgan fingerprint density at radius 2 is 1.88 bits per heavy atom. The molecule has 0 unspecified atom stereocenters. The number of nitrogens with zero attached hydrogens (tertiary/aromatic N) is 6. The Morgan fingerprint density at radius 1 is 1.08 bits per heavy atom. The molecule has 3 aromatic rings. The molecule has 1 atom stereocenters. The quantitative estimate of drug-likeness (QED) is 0.713. The highest BCUT2D eigenvalue weighted by Gasteiger charge is 2.34. The molecular weight excluding hydrogens is 338 g/mol. The predicted octanol–water partition coefficient (Wildman–Crippen LogP) is 0.215. The minimum absolute atomic E-state index is 0.150. The zero-order chi connectivity index (χ0) is 18.0. The van der Waals surface area contributed by atoms with Crippen molar-refractivity contribution in [3.05, 3.63) is 32.6 Å². The molecule has 26 heavy (non-hydrogen) atoms. The highest BCUT2D eigenvalue weighted by atomic mass is 16.5. The lowest BCUT2D eigenvalue weighted by molar-refractivity contribution is 0.355. The van der Waals surface area contributed by atoms with Crippen LogP contribution in [-0.2, 0) is 14.1 Å². The fraction of sp³-hybridized carbons (Fsp3) is 0.562. The van der Waals surface area contributed by atoms with Crippen LogP contribution in [0.3, 0.4) is 0 Å². The van der Waals surface area contributed by atoms with E-state index in [1.807, 2.05) is 0 Å². The topological polar surface area (TPSA) is 115 Å². The smallest absolute Gasteiger partial charge is 0.329 e. The third-order valence-corrected chi connectivity index (χ3v) is 5.33. The van der Waals surface area contributed by atoms with Crippen molar-refractivity contribution in [2.24, 2.45) is 14.1 Å². The third-order valence-electron chi connectivity index (χ3n) is 5.33. The molecular formula is C16H19N7O3. The standard InChI is InChI=1S/C16H19N7O3/c1-21-10-12(22(2)16(25)19-13(10)24)18-15(21)23-6-5-9(7-23)14-17-11(20-26-14)8-3-4-8/h8-9H,3-7H2,1-2H3,(H,19,24,25)/t9-/m1/s1. The van der Waals surface area contributed by atoms with Crippen LogP contribution in [0.15, 0.2) is 14.1 Å². The fourth-order valence-electron chi connectivity index (χ4n) is 3.64. The number of H-pyrrole nitrogens is 1. The van der Waals surface area contributed by atoms with Gasteiger partial charge in [-0.3, -0.25) is 14.3 Å². The van der Waals surface area contributed by atoms with Gasteiger partial charge in [0.15, 0.2) is 17.0 Å². The van der Waals surface area contributed by atoms with E-state index in [4.69, 9.17) is 4.52 Å². The summed E-state index contributed by atoms with van der Waals surface area (Å²) in [7, 11) is 3.39. The van der Waals surface area contributed by atoms with E-state index in [1.165, 1.54) is 4.57 Å². The molecule has 10 nitrogen and oxygen atoms in total. The summed E-state index contributed by atoms with van der Waals surface area (Å²) in [5, 5.41) is 4.10. The summed E-state index contributed by atoms with van der Waals surface area (Å²) in [6.45, 7) is 1.46. The van der Waals surface area contributed by atoms with Crippen LogP contribution in [0.25, 0.3) is 11.2 Å². The molecule has 0 aromatic carbocycles. The molecule has 3 aromatic heterocycles. The van der Waals surface area contributed by atoms with Crippen LogP contribution in [-0.4, -0.2) is 42.3 Å². The van der Waals surface area contributed by atoms with Crippen molar-refractivity contribution >= 4 is 17.1 Å². The Kier molecular flexibility index (Phi) is 3.12. The average Bonchev–Trinajstić information content (AvgIpc) is 3.04. The number of fused-ring (bicyclic) bond motifs is 1. The van der Waals surface area contributed by atoms with Crippen LogP contribution in [0.4, 0.5) is 5.95 Å². The Balaban J connectivity index is 1.48. The minimum atomic E-state index is -0.468. The molecule has 2 fully saturated rings. The van der Waals surface area contributed by atoms with Gasteiger partial charge in [-0.1, -0.05) is 5.16 Å². The number of hydrogen-bond donors (Lipinski definition) is 1. The average molecular weight is 357 g/mol. The van der Waals surface area contributed by atoms with Crippen molar-refractivity contribution in [2.45, 2.75) is 31.1 Å². The maximum Gasteiger partial charge on any atom is 0.329 e. The molecule has 0 amide bonds. The van der Waals surface area contributed by atoms with Crippen LogP contribution in [0, 0.1) is 0 Å². The second-order valence-corrected chi connectivity index (χ2v) is 7.16. The maximum atomic E-state index is 12.2. The molecule has 0 radical (unpaired) electrons. The molecule has 1 aliphatic heterocycles. The normalized spacial score (nSPS) is 20.4. The van der Waals surface area contributed by atoms with Crippen LogP contribution in [0.2, 0.25) is 0 Å². The van der Waals surface area contributed by atoms with Gasteiger partial charge in [0.2, 0.25) is 11.8 Å². The molecule has 1 N–H and O–H groups in total. The first kappa shape index (κ1) is 15.4. The number of rotatable bonds is 3. The lowest BCUT2D eigenvalue weighted by Crippen LogP contribution is -2.29. The molecule has 0 spiro atoms. The number of aromatic nitrogens is 6. The maximum absolute atomic E-state index is 12.2. The van der Waals surface area contributed by atoms with Gasteiger partial charge in [0, 0.05) is 33.1 Å².